The van der Waals surface area contributed by atoms with Crippen molar-refractivity contribution >= 4 is 5.97 Å². The maximum atomic E-state index is 10.8. The van der Waals surface area contributed by atoms with Crippen LogP contribution >= 0.6 is 0 Å². The molecule has 0 aromatic carbocycles. The monoisotopic (exact) mass is 193 g/mol. The lowest BCUT2D eigenvalue weighted by Crippen LogP contribution is -2.50. The molecule has 76 valence electrons. The van der Waals surface area contributed by atoms with Crippen LogP contribution in [0, 0.1) is 23.2 Å². The Morgan fingerprint density at radius 1 is 1.71 bits per heavy atom. The fraction of sp³-hybridized carbons (Fsp3) is 0.727. The Labute approximate surface area is 83.0 Å². The molecule has 4 atom stereocenters. The molecule has 1 unspecified atom stereocenters. The van der Waals surface area contributed by atoms with Crippen LogP contribution in [0.25, 0.3) is 0 Å². The van der Waals surface area contributed by atoms with Gasteiger partial charge in [0.15, 0.2) is 0 Å². The normalized spacial score (nSPS) is 47.5. The van der Waals surface area contributed by atoms with E-state index in [0.717, 1.165) is 18.8 Å². The fourth-order valence-corrected chi connectivity index (χ4v) is 3.96. The molecule has 3 aliphatic carbocycles. The highest BCUT2D eigenvalue weighted by Gasteiger charge is 2.74. The van der Waals surface area contributed by atoms with Crippen molar-refractivity contribution in [1.82, 2.24) is 0 Å². The van der Waals surface area contributed by atoms with E-state index >= 15 is 0 Å². The van der Waals surface area contributed by atoms with Crippen LogP contribution < -0.4 is 5.73 Å². The maximum absolute atomic E-state index is 10.8. The van der Waals surface area contributed by atoms with E-state index in [4.69, 9.17) is 10.8 Å². The summed E-state index contributed by atoms with van der Waals surface area (Å²) in [5.41, 5.74) is 7.25. The third-order valence-electron chi connectivity index (χ3n) is 4.50. The number of rotatable bonds is 3. The lowest BCUT2D eigenvalue weighted by atomic mass is 9.57. The van der Waals surface area contributed by atoms with Crippen molar-refractivity contribution in [3.05, 3.63) is 11.6 Å². The van der Waals surface area contributed by atoms with Crippen molar-refractivity contribution in [1.29, 1.82) is 0 Å². The summed E-state index contributed by atoms with van der Waals surface area (Å²) in [7, 11) is 0. The molecule has 0 aromatic rings. The van der Waals surface area contributed by atoms with Crippen LogP contribution in [0.15, 0.2) is 11.6 Å². The molecule has 0 amide bonds. The van der Waals surface area contributed by atoms with Crippen molar-refractivity contribution in [3.63, 3.8) is 0 Å². The molecule has 3 aliphatic rings. The summed E-state index contributed by atoms with van der Waals surface area (Å²) in [5, 5.41) is 8.93. The lowest BCUT2D eigenvalue weighted by molar-refractivity contribution is -0.144. The number of carbonyl (C=O) groups is 1. The highest BCUT2D eigenvalue weighted by atomic mass is 16.4. The van der Waals surface area contributed by atoms with Gasteiger partial charge in [0.25, 0.3) is 0 Å². The van der Waals surface area contributed by atoms with Gasteiger partial charge in [-0.15, -0.1) is 0 Å². The van der Waals surface area contributed by atoms with Crippen LogP contribution in [0.1, 0.15) is 19.3 Å². The molecule has 3 heteroatoms. The van der Waals surface area contributed by atoms with Crippen molar-refractivity contribution < 1.29 is 9.90 Å². The second kappa shape index (κ2) is 2.40. The van der Waals surface area contributed by atoms with Gasteiger partial charge in [-0.25, -0.2) is 0 Å². The Morgan fingerprint density at radius 3 is 3.07 bits per heavy atom. The molecule has 3 nitrogen and oxygen atoms in total. The van der Waals surface area contributed by atoms with E-state index < -0.39 is 5.97 Å². The molecule has 0 spiro atoms. The van der Waals surface area contributed by atoms with Crippen molar-refractivity contribution in [2.75, 3.05) is 6.54 Å². The quantitative estimate of drug-likeness (QED) is 0.657. The second-order valence-corrected chi connectivity index (χ2v) is 4.90. The van der Waals surface area contributed by atoms with Crippen molar-refractivity contribution in [2.45, 2.75) is 19.3 Å². The second-order valence-electron chi connectivity index (χ2n) is 4.90. The molecule has 2 fully saturated rings. The number of aliphatic carboxylic acids is 1. The lowest BCUT2D eigenvalue weighted by Gasteiger charge is -2.47. The molecule has 2 saturated carbocycles. The van der Waals surface area contributed by atoms with Gasteiger partial charge in [0.1, 0.15) is 0 Å². The molecule has 3 rings (SSSR count). The van der Waals surface area contributed by atoms with Gasteiger partial charge in [-0.1, -0.05) is 11.6 Å². The standard InChI is InChI=1S/C11H15NO2/c12-5-11(4-8(13)14)7-3-1-2-6-9(7)10(6)11/h2,7,9-10H,1,3-5,12H2,(H,13,14)/t7?,9-,10-,11-/m0/s1. The van der Waals surface area contributed by atoms with Gasteiger partial charge in [-0.3, -0.25) is 4.79 Å². The van der Waals surface area contributed by atoms with Crippen molar-refractivity contribution in [2.24, 2.45) is 28.9 Å². The maximum Gasteiger partial charge on any atom is 0.303 e. The number of fused-ring (bicyclic) bond motifs is 1. The van der Waals surface area contributed by atoms with Gasteiger partial charge in [-0.05, 0) is 37.1 Å². The molecule has 14 heavy (non-hydrogen) atoms. The largest absolute Gasteiger partial charge is 0.481 e. The summed E-state index contributed by atoms with van der Waals surface area (Å²) in [6, 6.07) is 0. The number of hydrogen-bond acceptors (Lipinski definition) is 2. The van der Waals surface area contributed by atoms with Gasteiger partial charge >= 0.3 is 5.97 Å². The Balaban J connectivity index is 1.90. The van der Waals surface area contributed by atoms with Gasteiger partial charge in [0, 0.05) is 5.41 Å². The zero-order valence-electron chi connectivity index (χ0n) is 8.07. The van der Waals surface area contributed by atoms with E-state index in [0.29, 0.717) is 18.4 Å². The Kier molecular flexibility index (Phi) is 1.45. The summed E-state index contributed by atoms with van der Waals surface area (Å²) in [6.07, 6.45) is 4.86. The zero-order chi connectivity index (χ0) is 9.92. The van der Waals surface area contributed by atoms with E-state index in [1.165, 1.54) is 5.57 Å². The number of nitrogens with two attached hydrogens (primary N) is 1. The Hall–Kier alpha value is -0.830. The van der Waals surface area contributed by atoms with Crippen LogP contribution in [-0.2, 0) is 4.79 Å². The van der Waals surface area contributed by atoms with Crippen molar-refractivity contribution in [3.8, 4) is 0 Å². The molecular formula is C11H15NO2. The van der Waals surface area contributed by atoms with E-state index in [1.807, 2.05) is 0 Å². The first-order valence-corrected chi connectivity index (χ1v) is 5.32. The summed E-state index contributed by atoms with van der Waals surface area (Å²) in [4.78, 5) is 10.8. The topological polar surface area (TPSA) is 63.3 Å². The summed E-state index contributed by atoms with van der Waals surface area (Å²) in [5.74, 6) is 1.16. The highest BCUT2D eigenvalue weighted by molar-refractivity contribution is 5.69. The molecule has 3 N–H and O–H groups in total. The SMILES string of the molecule is NC[C@@]1(CC(=O)O)C2CCC=C3[C@@H]2[C@H]31. The van der Waals surface area contributed by atoms with Crippen LogP contribution in [0.3, 0.4) is 0 Å². The molecule has 0 radical (unpaired) electrons. The fourth-order valence-electron chi connectivity index (χ4n) is 3.96. The number of carboxylic acid groups (broad SMARTS) is 1. The molecule has 0 aromatic heterocycles. The highest BCUT2D eigenvalue weighted by Crippen LogP contribution is 2.78. The van der Waals surface area contributed by atoms with Gasteiger partial charge in [-0.2, -0.15) is 0 Å². The number of carboxylic acids is 1. The molecule has 0 bridgehead atoms. The molecule has 0 saturated heterocycles. The van der Waals surface area contributed by atoms with Crippen LogP contribution in [0.4, 0.5) is 0 Å². The minimum Gasteiger partial charge on any atom is -0.481 e. The van der Waals surface area contributed by atoms with Crippen LogP contribution in [-0.4, -0.2) is 17.6 Å². The third-order valence-corrected chi connectivity index (χ3v) is 4.50. The number of hydrogen-bond donors (Lipinski definition) is 2. The van der Waals surface area contributed by atoms with E-state index in [9.17, 15) is 4.79 Å². The average Bonchev–Trinajstić information content (AvgIpc) is 2.85. The summed E-state index contributed by atoms with van der Waals surface area (Å²) < 4.78 is 0. The summed E-state index contributed by atoms with van der Waals surface area (Å²) in [6.45, 7) is 0.544. The predicted molar refractivity (Wildman–Crippen MR) is 51.5 cm³/mol. The first-order valence-electron chi connectivity index (χ1n) is 5.32. The molecule has 0 aliphatic heterocycles. The van der Waals surface area contributed by atoms with Gasteiger partial charge < -0.3 is 10.8 Å². The third kappa shape index (κ3) is 0.753. The number of allylic oxidation sites excluding steroid dienone is 2. The van der Waals surface area contributed by atoms with E-state index in [2.05, 4.69) is 6.08 Å². The van der Waals surface area contributed by atoms with Crippen LogP contribution in [0.5, 0.6) is 0 Å². The Morgan fingerprint density at radius 2 is 2.50 bits per heavy atom. The van der Waals surface area contributed by atoms with Gasteiger partial charge in [0.2, 0.25) is 0 Å². The van der Waals surface area contributed by atoms with Crippen LogP contribution in [0.2, 0.25) is 0 Å². The van der Waals surface area contributed by atoms with E-state index in [-0.39, 0.29) is 11.8 Å². The smallest absolute Gasteiger partial charge is 0.303 e. The first-order chi connectivity index (χ1) is 6.70. The minimum atomic E-state index is -0.688. The average molecular weight is 193 g/mol. The minimum absolute atomic E-state index is 0.0706. The predicted octanol–water partition coefficient (Wildman–Crippen LogP) is 1.00. The molecular weight excluding hydrogens is 178 g/mol. The summed E-state index contributed by atoms with van der Waals surface area (Å²) >= 11 is 0. The first kappa shape index (κ1) is 8.48. The Bertz CT molecular complexity index is 336. The van der Waals surface area contributed by atoms with Gasteiger partial charge in [0.05, 0.1) is 6.42 Å². The van der Waals surface area contributed by atoms with E-state index in [1.54, 1.807) is 0 Å². The molecule has 0 heterocycles. The zero-order valence-corrected chi connectivity index (χ0v) is 8.07.